The molecule has 3 unspecified atom stereocenters. The Balaban J connectivity index is 1.95. The molecular weight excluding hydrogens is 212 g/mol. The van der Waals surface area contributed by atoms with Crippen LogP contribution in [0, 0.1) is 0 Å². The molecule has 14 heavy (non-hydrogen) atoms. The molecule has 3 atom stereocenters. The fourth-order valence-electron chi connectivity index (χ4n) is 2.05. The highest BCUT2D eigenvalue weighted by Crippen LogP contribution is 2.31. The van der Waals surface area contributed by atoms with Gasteiger partial charge in [0, 0.05) is 17.0 Å². The fraction of sp³-hybridized carbons (Fsp3) is 0.900. The molecule has 2 aliphatic rings. The van der Waals surface area contributed by atoms with Crippen molar-refractivity contribution in [3.63, 3.8) is 0 Å². The van der Waals surface area contributed by atoms with Crippen LogP contribution in [-0.2, 0) is 0 Å². The van der Waals surface area contributed by atoms with Crippen LogP contribution >= 0.6 is 23.5 Å². The average Bonchev–Trinajstić information content (AvgIpc) is 2.76. The van der Waals surface area contributed by atoms with Gasteiger partial charge in [-0.1, -0.05) is 18.2 Å². The van der Waals surface area contributed by atoms with Crippen molar-refractivity contribution in [1.29, 1.82) is 0 Å². The van der Waals surface area contributed by atoms with Crippen LogP contribution < -0.4 is 5.32 Å². The predicted molar refractivity (Wildman–Crippen MR) is 67.4 cm³/mol. The molecule has 1 aliphatic carbocycles. The monoisotopic (exact) mass is 230 g/mol. The van der Waals surface area contributed by atoms with Gasteiger partial charge >= 0.3 is 0 Å². The van der Waals surface area contributed by atoms with E-state index in [1.807, 2.05) is 23.5 Å². The zero-order chi connectivity index (χ0) is 9.97. The van der Waals surface area contributed by atoms with E-state index in [0.29, 0.717) is 12.1 Å². The summed E-state index contributed by atoms with van der Waals surface area (Å²) < 4.78 is 0. The Morgan fingerprint density at radius 1 is 1.50 bits per heavy atom. The molecule has 1 saturated heterocycles. The first-order valence-electron chi connectivity index (χ1n) is 5.29. The number of thioether (sulfide) groups is 2. The van der Waals surface area contributed by atoms with Crippen LogP contribution in [0.15, 0.2) is 4.99 Å². The topological polar surface area (TPSA) is 24.4 Å². The minimum Gasteiger partial charge on any atom is -0.362 e. The molecule has 1 aliphatic heterocycles. The Bertz CT molecular complexity index is 230. The van der Waals surface area contributed by atoms with Crippen molar-refractivity contribution in [2.24, 2.45) is 4.99 Å². The third-order valence-corrected chi connectivity index (χ3v) is 5.16. The van der Waals surface area contributed by atoms with Crippen molar-refractivity contribution in [1.82, 2.24) is 5.32 Å². The molecule has 4 heteroatoms. The van der Waals surface area contributed by atoms with Crippen molar-refractivity contribution < 1.29 is 0 Å². The van der Waals surface area contributed by atoms with E-state index in [1.54, 1.807) is 0 Å². The van der Waals surface area contributed by atoms with Gasteiger partial charge in [0.2, 0.25) is 0 Å². The molecule has 1 heterocycles. The van der Waals surface area contributed by atoms with Gasteiger partial charge in [-0.25, -0.2) is 0 Å². The van der Waals surface area contributed by atoms with Gasteiger partial charge in [-0.15, -0.1) is 0 Å². The number of nitrogens with zero attached hydrogens (tertiary/aromatic N) is 1. The van der Waals surface area contributed by atoms with Crippen molar-refractivity contribution in [3.05, 3.63) is 0 Å². The summed E-state index contributed by atoms with van der Waals surface area (Å²) in [5.41, 5.74) is 0. The van der Waals surface area contributed by atoms with Gasteiger partial charge in [0.05, 0.1) is 6.04 Å². The summed E-state index contributed by atoms with van der Waals surface area (Å²) in [6.45, 7) is 2.22. The van der Waals surface area contributed by atoms with Crippen molar-refractivity contribution in [2.75, 3.05) is 12.0 Å². The molecule has 2 nitrogen and oxygen atoms in total. The maximum Gasteiger partial charge on any atom is 0.157 e. The summed E-state index contributed by atoms with van der Waals surface area (Å²) in [6.07, 6.45) is 6.20. The van der Waals surface area contributed by atoms with Gasteiger partial charge in [-0.05, 0) is 26.0 Å². The Morgan fingerprint density at radius 3 is 3.00 bits per heavy atom. The standard InChI is InChI=1S/C10H18N2S2/c1-7-6-14-10(11-7)12-8-4-3-5-9(8)13-2/h7-9H,3-6H2,1-2H3,(H,11,12). The third-order valence-electron chi connectivity index (χ3n) is 2.84. The van der Waals surface area contributed by atoms with Gasteiger partial charge in [0.1, 0.15) is 0 Å². The quantitative estimate of drug-likeness (QED) is 0.788. The third kappa shape index (κ3) is 2.40. The lowest BCUT2D eigenvalue weighted by Gasteiger charge is -2.13. The van der Waals surface area contributed by atoms with E-state index in [4.69, 9.17) is 4.99 Å². The zero-order valence-electron chi connectivity index (χ0n) is 8.82. The van der Waals surface area contributed by atoms with Crippen LogP contribution in [0.5, 0.6) is 0 Å². The Labute approximate surface area is 94.7 Å². The number of aliphatic imine (C=N–C) groups is 1. The SMILES string of the molecule is CSC1CCCC1N=C1NC(C)CS1. The first-order chi connectivity index (χ1) is 6.79. The number of hydrogen-bond acceptors (Lipinski definition) is 3. The van der Waals surface area contributed by atoms with Crippen molar-refractivity contribution in [3.8, 4) is 0 Å². The molecule has 2 rings (SSSR count). The van der Waals surface area contributed by atoms with E-state index in [-0.39, 0.29) is 0 Å². The van der Waals surface area contributed by atoms with Crippen LogP contribution in [-0.4, -0.2) is 34.5 Å². The van der Waals surface area contributed by atoms with E-state index >= 15 is 0 Å². The lowest BCUT2D eigenvalue weighted by Crippen LogP contribution is -2.25. The summed E-state index contributed by atoms with van der Waals surface area (Å²) in [5, 5.41) is 5.38. The fourth-order valence-corrected chi connectivity index (χ4v) is 3.95. The molecule has 1 saturated carbocycles. The molecule has 0 aromatic rings. The van der Waals surface area contributed by atoms with Crippen molar-refractivity contribution >= 4 is 28.7 Å². The normalized spacial score (nSPS) is 40.4. The van der Waals surface area contributed by atoms with E-state index in [1.165, 1.54) is 30.2 Å². The zero-order valence-corrected chi connectivity index (χ0v) is 10.5. The highest BCUT2D eigenvalue weighted by molar-refractivity contribution is 8.14. The molecule has 0 bridgehead atoms. The van der Waals surface area contributed by atoms with Crippen LogP contribution in [0.4, 0.5) is 0 Å². The Kier molecular flexibility index (Phi) is 3.66. The average molecular weight is 230 g/mol. The smallest absolute Gasteiger partial charge is 0.157 e. The summed E-state index contributed by atoms with van der Waals surface area (Å²) in [6, 6.07) is 1.18. The van der Waals surface area contributed by atoms with Gasteiger partial charge in [0.25, 0.3) is 0 Å². The lowest BCUT2D eigenvalue weighted by atomic mass is 10.3. The molecule has 2 fully saturated rings. The summed E-state index contributed by atoms with van der Waals surface area (Å²) in [5.74, 6) is 1.18. The van der Waals surface area contributed by atoms with E-state index in [0.717, 1.165) is 5.25 Å². The highest BCUT2D eigenvalue weighted by atomic mass is 32.2. The van der Waals surface area contributed by atoms with Gasteiger partial charge in [-0.3, -0.25) is 4.99 Å². The summed E-state index contributed by atoms with van der Waals surface area (Å²) in [4.78, 5) is 4.83. The van der Waals surface area contributed by atoms with Crippen LogP contribution in [0.25, 0.3) is 0 Å². The summed E-state index contributed by atoms with van der Waals surface area (Å²) in [7, 11) is 0. The van der Waals surface area contributed by atoms with Gasteiger partial charge < -0.3 is 5.32 Å². The maximum absolute atomic E-state index is 4.83. The largest absolute Gasteiger partial charge is 0.362 e. The molecule has 0 radical (unpaired) electrons. The molecule has 0 aromatic carbocycles. The number of hydrogen-bond donors (Lipinski definition) is 1. The lowest BCUT2D eigenvalue weighted by molar-refractivity contribution is 0.704. The Hall–Kier alpha value is 0.170. The number of rotatable bonds is 2. The van der Waals surface area contributed by atoms with Gasteiger partial charge in [-0.2, -0.15) is 11.8 Å². The molecule has 0 spiro atoms. The first-order valence-corrected chi connectivity index (χ1v) is 7.57. The van der Waals surface area contributed by atoms with E-state index in [9.17, 15) is 0 Å². The number of amidine groups is 1. The van der Waals surface area contributed by atoms with Crippen LogP contribution in [0.3, 0.4) is 0 Å². The highest BCUT2D eigenvalue weighted by Gasteiger charge is 2.27. The molecule has 0 aromatic heterocycles. The van der Waals surface area contributed by atoms with E-state index in [2.05, 4.69) is 18.5 Å². The second-order valence-electron chi connectivity index (χ2n) is 4.06. The molecular formula is C10H18N2S2. The molecule has 0 amide bonds. The van der Waals surface area contributed by atoms with Crippen LogP contribution in [0.1, 0.15) is 26.2 Å². The molecule has 80 valence electrons. The minimum absolute atomic E-state index is 0.574. The molecule has 1 N–H and O–H groups in total. The van der Waals surface area contributed by atoms with Gasteiger partial charge in [0.15, 0.2) is 5.17 Å². The number of nitrogens with one attached hydrogen (secondary N) is 1. The second kappa shape index (κ2) is 4.79. The predicted octanol–water partition coefficient (Wildman–Crippen LogP) is 2.35. The van der Waals surface area contributed by atoms with Crippen molar-refractivity contribution in [2.45, 2.75) is 43.5 Å². The maximum atomic E-state index is 4.83. The van der Waals surface area contributed by atoms with Crippen LogP contribution in [0.2, 0.25) is 0 Å². The summed E-state index contributed by atoms with van der Waals surface area (Å²) >= 11 is 3.86. The second-order valence-corrected chi connectivity index (χ2v) is 6.15. The first kappa shape index (κ1) is 10.7. The van der Waals surface area contributed by atoms with E-state index < -0.39 is 0 Å². The minimum atomic E-state index is 0.574. The Morgan fingerprint density at radius 2 is 2.36 bits per heavy atom.